The van der Waals surface area contributed by atoms with Gasteiger partial charge in [-0.1, -0.05) is 37.9 Å². The Hall–Kier alpha value is -0.850. The molecule has 0 saturated carbocycles. The van der Waals surface area contributed by atoms with E-state index < -0.39 is 0 Å². The summed E-state index contributed by atoms with van der Waals surface area (Å²) in [6.07, 6.45) is 1.71. The predicted octanol–water partition coefficient (Wildman–Crippen LogP) is 4.05. The molecule has 0 amide bonds. The molecule has 0 aliphatic carbocycles. The van der Waals surface area contributed by atoms with E-state index in [-0.39, 0.29) is 12.1 Å². The molecule has 0 radical (unpaired) electrons. The lowest BCUT2D eigenvalue weighted by molar-refractivity contribution is 0.401. The topological polar surface area (TPSA) is 53.1 Å². The van der Waals surface area contributed by atoms with Crippen LogP contribution in [-0.4, -0.2) is 16.9 Å². The maximum absolute atomic E-state index is 6.44. The van der Waals surface area contributed by atoms with Crippen molar-refractivity contribution in [2.24, 2.45) is 5.73 Å². The molecule has 1 aromatic heterocycles. The minimum atomic E-state index is -0.308. The average molecular weight is 403 g/mol. The molecule has 2 rings (SSSR count). The molecule has 0 saturated heterocycles. The van der Waals surface area contributed by atoms with Gasteiger partial charge >= 0.3 is 0 Å². The maximum atomic E-state index is 6.44. The highest BCUT2D eigenvalue weighted by molar-refractivity contribution is 9.11. The second kappa shape index (κ2) is 6.28. The van der Waals surface area contributed by atoms with Crippen molar-refractivity contribution < 1.29 is 4.74 Å². The Bertz CT molecular complexity index is 610. The van der Waals surface area contributed by atoms with E-state index in [9.17, 15) is 0 Å². The maximum Gasteiger partial charge on any atom is 0.161 e. The van der Waals surface area contributed by atoms with Gasteiger partial charge in [-0.3, -0.25) is 4.68 Å². The molecule has 0 spiro atoms. The van der Waals surface area contributed by atoms with E-state index in [0.29, 0.717) is 5.75 Å². The van der Waals surface area contributed by atoms with E-state index in [1.807, 2.05) is 22.9 Å². The van der Waals surface area contributed by atoms with Gasteiger partial charge in [0.25, 0.3) is 0 Å². The molecular formula is C14H17Br2N3O. The Balaban J connectivity index is 2.52. The van der Waals surface area contributed by atoms with Gasteiger partial charge in [0.1, 0.15) is 5.69 Å². The summed E-state index contributed by atoms with van der Waals surface area (Å²) < 4.78 is 9.26. The number of benzene rings is 1. The predicted molar refractivity (Wildman–Crippen MR) is 87.0 cm³/mol. The van der Waals surface area contributed by atoms with Crippen LogP contribution in [0, 0.1) is 0 Å². The largest absolute Gasteiger partial charge is 0.493 e. The quantitative estimate of drug-likeness (QED) is 0.839. The third-order valence-electron chi connectivity index (χ3n) is 3.10. The molecule has 2 N–H and O–H groups in total. The third kappa shape index (κ3) is 2.92. The van der Waals surface area contributed by atoms with Crippen LogP contribution >= 0.6 is 31.9 Å². The minimum Gasteiger partial charge on any atom is -0.493 e. The summed E-state index contributed by atoms with van der Waals surface area (Å²) in [5.74, 6) is 0.709. The van der Waals surface area contributed by atoms with Crippen molar-refractivity contribution in [1.82, 2.24) is 9.78 Å². The van der Waals surface area contributed by atoms with Crippen molar-refractivity contribution >= 4 is 31.9 Å². The van der Waals surface area contributed by atoms with Crippen LogP contribution < -0.4 is 10.5 Å². The van der Waals surface area contributed by atoms with Crippen LogP contribution in [0.4, 0.5) is 0 Å². The SMILES string of the molecule is COc1cnn(C(C)C)c1C(N)c1ccc(Br)cc1Br. The van der Waals surface area contributed by atoms with Crippen molar-refractivity contribution in [2.45, 2.75) is 25.9 Å². The Morgan fingerprint density at radius 2 is 2.00 bits per heavy atom. The van der Waals surface area contributed by atoms with Crippen molar-refractivity contribution in [3.05, 3.63) is 44.6 Å². The number of nitrogens with two attached hydrogens (primary N) is 1. The number of rotatable bonds is 4. The number of methoxy groups -OCH3 is 1. The number of aromatic nitrogens is 2. The summed E-state index contributed by atoms with van der Waals surface area (Å²) in [4.78, 5) is 0. The van der Waals surface area contributed by atoms with Crippen molar-refractivity contribution in [3.8, 4) is 5.75 Å². The summed E-state index contributed by atoms with van der Waals surface area (Å²) in [6, 6.07) is 5.86. The number of ether oxygens (including phenoxy) is 1. The fraction of sp³-hybridized carbons (Fsp3) is 0.357. The zero-order valence-corrected chi connectivity index (χ0v) is 14.8. The Kier molecular flexibility index (Phi) is 4.88. The summed E-state index contributed by atoms with van der Waals surface area (Å²) >= 11 is 7.01. The molecule has 4 nitrogen and oxygen atoms in total. The van der Waals surface area contributed by atoms with Gasteiger partial charge in [-0.2, -0.15) is 5.10 Å². The van der Waals surface area contributed by atoms with Crippen LogP contribution in [0.1, 0.15) is 37.2 Å². The monoisotopic (exact) mass is 401 g/mol. The summed E-state index contributed by atoms with van der Waals surface area (Å²) in [5, 5.41) is 4.37. The first kappa shape index (κ1) is 15.5. The van der Waals surface area contributed by atoms with E-state index >= 15 is 0 Å². The highest BCUT2D eigenvalue weighted by Gasteiger charge is 2.23. The molecule has 20 heavy (non-hydrogen) atoms. The van der Waals surface area contributed by atoms with Crippen LogP contribution in [-0.2, 0) is 0 Å². The molecule has 1 unspecified atom stereocenters. The molecule has 0 fully saturated rings. The van der Waals surface area contributed by atoms with Crippen LogP contribution in [0.2, 0.25) is 0 Å². The molecule has 0 aliphatic heterocycles. The normalized spacial score (nSPS) is 12.8. The average Bonchev–Trinajstić information content (AvgIpc) is 2.81. The smallest absolute Gasteiger partial charge is 0.161 e. The minimum absolute atomic E-state index is 0.217. The lowest BCUT2D eigenvalue weighted by atomic mass is 10.0. The lowest BCUT2D eigenvalue weighted by Crippen LogP contribution is -2.20. The molecule has 1 atom stereocenters. The van der Waals surface area contributed by atoms with E-state index in [1.165, 1.54) is 0 Å². The van der Waals surface area contributed by atoms with Crippen molar-refractivity contribution in [1.29, 1.82) is 0 Å². The molecule has 0 aliphatic rings. The zero-order chi connectivity index (χ0) is 14.9. The lowest BCUT2D eigenvalue weighted by Gasteiger charge is -2.19. The Morgan fingerprint density at radius 1 is 1.30 bits per heavy atom. The van der Waals surface area contributed by atoms with Gasteiger partial charge < -0.3 is 10.5 Å². The summed E-state index contributed by atoms with van der Waals surface area (Å²) in [5.41, 5.74) is 8.31. The van der Waals surface area contributed by atoms with E-state index in [4.69, 9.17) is 10.5 Å². The molecule has 0 bridgehead atoms. The first-order valence-electron chi connectivity index (χ1n) is 6.27. The van der Waals surface area contributed by atoms with Crippen LogP contribution in [0.15, 0.2) is 33.3 Å². The first-order valence-corrected chi connectivity index (χ1v) is 7.86. The Labute approximate surface area is 135 Å². The first-order chi connectivity index (χ1) is 9.45. The van der Waals surface area contributed by atoms with Gasteiger partial charge in [0, 0.05) is 15.0 Å². The van der Waals surface area contributed by atoms with Crippen molar-refractivity contribution in [2.75, 3.05) is 7.11 Å². The van der Waals surface area contributed by atoms with Gasteiger partial charge in [-0.15, -0.1) is 0 Å². The van der Waals surface area contributed by atoms with E-state index in [0.717, 1.165) is 20.2 Å². The molecular weight excluding hydrogens is 386 g/mol. The Morgan fingerprint density at radius 3 is 2.55 bits per heavy atom. The third-order valence-corrected chi connectivity index (χ3v) is 4.28. The summed E-state index contributed by atoms with van der Waals surface area (Å²) in [6.45, 7) is 4.14. The van der Waals surface area contributed by atoms with Crippen molar-refractivity contribution in [3.63, 3.8) is 0 Å². The fourth-order valence-corrected chi connectivity index (χ4v) is 3.42. The number of hydrogen-bond acceptors (Lipinski definition) is 3. The molecule has 108 valence electrons. The van der Waals surface area contributed by atoms with Gasteiger partial charge in [0.05, 0.1) is 19.3 Å². The van der Waals surface area contributed by atoms with Crippen LogP contribution in [0.5, 0.6) is 5.75 Å². The molecule has 1 aromatic carbocycles. The van der Waals surface area contributed by atoms with Gasteiger partial charge in [0.15, 0.2) is 5.75 Å². The standard InChI is InChI=1S/C14H17Br2N3O/c1-8(2)19-14(12(20-3)7-18-19)13(17)10-5-4-9(15)6-11(10)16/h4-8,13H,17H2,1-3H3. The van der Waals surface area contributed by atoms with Gasteiger partial charge in [-0.25, -0.2) is 0 Å². The highest BCUT2D eigenvalue weighted by atomic mass is 79.9. The molecule has 6 heteroatoms. The van der Waals surface area contributed by atoms with Crippen LogP contribution in [0.25, 0.3) is 0 Å². The van der Waals surface area contributed by atoms with Gasteiger partial charge in [0.2, 0.25) is 0 Å². The fourth-order valence-electron chi connectivity index (χ4n) is 2.12. The molecule has 1 heterocycles. The number of hydrogen-bond donors (Lipinski definition) is 1. The van der Waals surface area contributed by atoms with E-state index in [2.05, 4.69) is 50.8 Å². The zero-order valence-electron chi connectivity index (χ0n) is 11.6. The summed E-state index contributed by atoms with van der Waals surface area (Å²) in [7, 11) is 1.63. The number of halogens is 2. The van der Waals surface area contributed by atoms with Gasteiger partial charge in [-0.05, 0) is 31.5 Å². The highest BCUT2D eigenvalue weighted by Crippen LogP contribution is 2.34. The second-order valence-electron chi connectivity index (χ2n) is 4.78. The number of nitrogens with zero attached hydrogens (tertiary/aromatic N) is 2. The second-order valence-corrected chi connectivity index (χ2v) is 6.55. The van der Waals surface area contributed by atoms with E-state index in [1.54, 1.807) is 13.3 Å². The molecule has 2 aromatic rings. The van der Waals surface area contributed by atoms with Crippen LogP contribution in [0.3, 0.4) is 0 Å².